The van der Waals surface area contributed by atoms with E-state index in [1.165, 1.54) is 11.9 Å². The molecule has 1 aliphatic heterocycles. The Hall–Kier alpha value is -1.57. The van der Waals surface area contributed by atoms with Crippen molar-refractivity contribution in [2.24, 2.45) is 5.92 Å². The fraction of sp³-hybridized carbons (Fsp3) is 0.875. The number of aliphatic hydroxyl groups is 1. The standard InChI is InChI=1S/C8H15N3O5/c1-6(13)14-7(2)15-11-10(16-11)9-3-8(4-9)5-12/h7-8,12H,3-5H2,1-2H3. The van der Waals surface area contributed by atoms with Crippen LogP contribution in [0.4, 0.5) is 0 Å². The third-order valence-corrected chi connectivity index (χ3v) is 2.27. The van der Waals surface area contributed by atoms with Gasteiger partial charge in [-0.15, -0.1) is 0 Å². The van der Waals surface area contributed by atoms with Gasteiger partial charge in [-0.1, -0.05) is 0 Å². The van der Waals surface area contributed by atoms with Crippen LogP contribution < -0.4 is 9.85 Å². The summed E-state index contributed by atoms with van der Waals surface area (Å²) < 4.78 is 9.72. The number of aromatic nitrogens is 2. The maximum absolute atomic E-state index is 10.6. The molecule has 8 nitrogen and oxygen atoms in total. The van der Waals surface area contributed by atoms with Crippen molar-refractivity contribution < 1.29 is 24.1 Å². The summed E-state index contributed by atoms with van der Waals surface area (Å²) in [6, 6.07) is 0. The highest BCUT2D eigenvalue weighted by atomic mass is 17.0. The van der Waals surface area contributed by atoms with Gasteiger partial charge in [0, 0.05) is 44.4 Å². The van der Waals surface area contributed by atoms with Crippen molar-refractivity contribution in [3.63, 3.8) is 0 Å². The Morgan fingerprint density at radius 3 is 2.88 bits per heavy atom. The van der Waals surface area contributed by atoms with Crippen LogP contribution in [0.5, 0.6) is 0 Å². The Morgan fingerprint density at radius 2 is 2.31 bits per heavy atom. The van der Waals surface area contributed by atoms with Crippen molar-refractivity contribution in [1.82, 2.24) is 9.98 Å². The monoisotopic (exact) mass is 233 g/mol. The maximum atomic E-state index is 10.6. The van der Waals surface area contributed by atoms with Crippen molar-refractivity contribution >= 4 is 5.97 Å². The van der Waals surface area contributed by atoms with Crippen LogP contribution in [0, 0.1) is 5.92 Å². The SMILES string of the molecule is CC(=O)OC(C)On1on1N1CC(CO)C1. The first kappa shape index (κ1) is 10.9. The quantitative estimate of drug-likeness (QED) is 0.507. The molecule has 2 rings (SSSR count). The van der Waals surface area contributed by atoms with Crippen molar-refractivity contribution in [1.29, 1.82) is 0 Å². The Bertz CT molecular complexity index is 348. The first-order chi connectivity index (χ1) is 7.60. The summed E-state index contributed by atoms with van der Waals surface area (Å²) in [5, 5.41) is 11.8. The predicted molar refractivity (Wildman–Crippen MR) is 51.0 cm³/mol. The van der Waals surface area contributed by atoms with Gasteiger partial charge < -0.3 is 14.7 Å². The van der Waals surface area contributed by atoms with Crippen molar-refractivity contribution in [2.75, 3.05) is 24.7 Å². The molecule has 1 N–H and O–H groups in total. The Labute approximate surface area is 91.7 Å². The van der Waals surface area contributed by atoms with Gasteiger partial charge in [0.2, 0.25) is 0 Å². The van der Waals surface area contributed by atoms with Crippen LogP contribution in [0.1, 0.15) is 13.8 Å². The molecule has 1 fully saturated rings. The summed E-state index contributed by atoms with van der Waals surface area (Å²) in [6.45, 7) is 4.52. The summed E-state index contributed by atoms with van der Waals surface area (Å²) in [4.78, 5) is 17.1. The van der Waals surface area contributed by atoms with Crippen molar-refractivity contribution in [3.05, 3.63) is 0 Å². The van der Waals surface area contributed by atoms with Crippen molar-refractivity contribution in [3.8, 4) is 0 Å². The molecule has 0 aromatic carbocycles. The molecule has 1 aromatic heterocycles. The van der Waals surface area contributed by atoms with Gasteiger partial charge in [0.1, 0.15) is 5.02 Å². The number of carbonyl (C=O) groups is 1. The van der Waals surface area contributed by atoms with E-state index in [2.05, 4.69) is 0 Å². The predicted octanol–water partition coefficient (Wildman–Crippen LogP) is -1.22. The van der Waals surface area contributed by atoms with Gasteiger partial charge in [-0.3, -0.25) is 9.80 Å². The highest BCUT2D eigenvalue weighted by Crippen LogP contribution is 2.15. The molecule has 0 bridgehead atoms. The molecule has 1 atom stereocenters. The summed E-state index contributed by atoms with van der Waals surface area (Å²) >= 11 is 0. The zero-order valence-corrected chi connectivity index (χ0v) is 9.20. The Morgan fingerprint density at radius 1 is 1.62 bits per heavy atom. The number of esters is 1. The summed E-state index contributed by atoms with van der Waals surface area (Å²) in [5.41, 5.74) is 0. The number of carbonyl (C=O) groups excluding carboxylic acids is 1. The molecule has 2 heterocycles. The second-order valence-corrected chi connectivity index (χ2v) is 3.77. The molecule has 0 amide bonds. The van der Waals surface area contributed by atoms with E-state index in [4.69, 9.17) is 19.3 Å². The number of hydrogen-bond donors (Lipinski definition) is 1. The minimum atomic E-state index is -0.697. The average molecular weight is 233 g/mol. The van der Waals surface area contributed by atoms with Crippen LogP contribution >= 0.6 is 0 Å². The minimum Gasteiger partial charge on any atom is -0.423 e. The van der Waals surface area contributed by atoms with Gasteiger partial charge in [0.15, 0.2) is 0 Å². The lowest BCUT2D eigenvalue weighted by Gasteiger charge is -2.34. The lowest BCUT2D eigenvalue weighted by molar-refractivity contribution is -0.178. The topological polar surface area (TPSA) is 82.0 Å². The lowest BCUT2D eigenvalue weighted by atomic mass is 10.0. The molecule has 0 spiro atoms. The molecule has 1 aromatic rings. The Balaban J connectivity index is 1.71. The number of aliphatic hydroxyl groups excluding tert-OH is 1. The summed E-state index contributed by atoms with van der Waals surface area (Å²) in [5.74, 6) is -0.123. The normalized spacial score (nSPS) is 18.3. The fourth-order valence-corrected chi connectivity index (χ4v) is 1.44. The fourth-order valence-electron chi connectivity index (χ4n) is 1.44. The largest absolute Gasteiger partial charge is 0.423 e. The molecule has 92 valence electrons. The van der Waals surface area contributed by atoms with Crippen LogP contribution in [0.3, 0.4) is 0 Å². The first-order valence-corrected chi connectivity index (χ1v) is 5.08. The van der Waals surface area contributed by atoms with Crippen LogP contribution in [-0.4, -0.2) is 47.0 Å². The zero-order valence-electron chi connectivity index (χ0n) is 9.20. The van der Waals surface area contributed by atoms with E-state index in [-0.39, 0.29) is 12.5 Å². The molecule has 1 saturated heterocycles. The minimum absolute atomic E-state index is 0.176. The third kappa shape index (κ3) is 2.32. The highest BCUT2D eigenvalue weighted by molar-refractivity contribution is 5.65. The van der Waals surface area contributed by atoms with Gasteiger partial charge in [0.05, 0.1) is 0 Å². The molecule has 16 heavy (non-hydrogen) atoms. The van der Waals surface area contributed by atoms with Gasteiger partial charge in [-0.05, 0) is 0 Å². The maximum Gasteiger partial charge on any atom is 0.305 e. The average Bonchev–Trinajstić information content (AvgIpc) is 2.80. The van der Waals surface area contributed by atoms with Gasteiger partial charge >= 0.3 is 5.97 Å². The molecule has 0 saturated carbocycles. The first-order valence-electron chi connectivity index (χ1n) is 5.08. The van der Waals surface area contributed by atoms with Crippen LogP contribution in [0.2, 0.25) is 0 Å². The van der Waals surface area contributed by atoms with Crippen LogP contribution in [-0.2, 0) is 9.53 Å². The van der Waals surface area contributed by atoms with Gasteiger partial charge in [0.25, 0.3) is 6.29 Å². The summed E-state index contributed by atoms with van der Waals surface area (Å²) in [6.07, 6.45) is -0.697. The van der Waals surface area contributed by atoms with Crippen LogP contribution in [0.25, 0.3) is 0 Å². The highest BCUT2D eigenvalue weighted by Gasteiger charge is 2.33. The second kappa shape index (κ2) is 4.12. The molecule has 0 aliphatic carbocycles. The van der Waals surface area contributed by atoms with E-state index in [1.54, 1.807) is 6.92 Å². The molecular weight excluding hydrogens is 218 g/mol. The second-order valence-electron chi connectivity index (χ2n) is 3.77. The smallest absolute Gasteiger partial charge is 0.305 e. The van der Waals surface area contributed by atoms with E-state index in [0.717, 1.165) is 18.1 Å². The van der Waals surface area contributed by atoms with E-state index in [1.807, 2.05) is 5.01 Å². The van der Waals surface area contributed by atoms with E-state index >= 15 is 0 Å². The Kier molecular flexibility index (Phi) is 2.82. The van der Waals surface area contributed by atoms with Crippen molar-refractivity contribution in [2.45, 2.75) is 20.1 Å². The number of rotatable bonds is 5. The molecule has 0 radical (unpaired) electrons. The third-order valence-electron chi connectivity index (χ3n) is 2.27. The number of hydrogen-bond acceptors (Lipinski definition) is 6. The van der Waals surface area contributed by atoms with Gasteiger partial charge in [-0.2, -0.15) is 4.63 Å². The van der Waals surface area contributed by atoms with Crippen LogP contribution in [0.15, 0.2) is 4.63 Å². The van der Waals surface area contributed by atoms with E-state index in [9.17, 15) is 4.79 Å². The molecular formula is C8H15N3O5. The van der Waals surface area contributed by atoms with Gasteiger partial charge in [-0.25, -0.2) is 0 Å². The zero-order chi connectivity index (χ0) is 11.7. The number of nitrogens with zero attached hydrogens (tertiary/aromatic N) is 3. The number of ether oxygens (including phenoxy) is 1. The van der Waals surface area contributed by atoms with E-state index in [0.29, 0.717) is 0 Å². The molecule has 8 heteroatoms. The molecule has 1 aliphatic rings. The molecule has 1 unspecified atom stereocenters. The summed E-state index contributed by atoms with van der Waals surface area (Å²) in [7, 11) is 0. The lowest BCUT2D eigenvalue weighted by Crippen LogP contribution is -2.53. The van der Waals surface area contributed by atoms with E-state index < -0.39 is 12.3 Å².